The van der Waals surface area contributed by atoms with Crippen LogP contribution >= 0.6 is 7.82 Å². The first-order valence-electron chi connectivity index (χ1n) is 17.8. The molecule has 10 heteroatoms. The lowest BCUT2D eigenvalue weighted by Gasteiger charge is -2.19. The summed E-state index contributed by atoms with van der Waals surface area (Å²) in [5.74, 6) is -0.852. The minimum atomic E-state index is -4.37. The Hall–Kier alpha value is -1.51. The molecule has 0 rings (SSSR count). The summed E-state index contributed by atoms with van der Waals surface area (Å²) in [6, 6.07) is 0. The number of hydrogen-bond acceptors (Lipinski definition) is 8. The highest BCUT2D eigenvalue weighted by molar-refractivity contribution is 7.47. The van der Waals surface area contributed by atoms with Crippen molar-refractivity contribution in [2.45, 2.75) is 161 Å². The largest absolute Gasteiger partial charge is 0.472 e. The summed E-state index contributed by atoms with van der Waals surface area (Å²) in [5, 5.41) is 0. The van der Waals surface area contributed by atoms with Crippen LogP contribution in [0.4, 0.5) is 0 Å². The molecule has 0 aromatic heterocycles. The lowest BCUT2D eigenvalue weighted by atomic mass is 10.1. The molecule has 1 unspecified atom stereocenters. The number of allylic oxidation sites excluding steroid dienone is 4. The summed E-state index contributed by atoms with van der Waals surface area (Å²) in [7, 11) is -4.37. The van der Waals surface area contributed by atoms with Gasteiger partial charge in [0.2, 0.25) is 0 Å². The molecule has 3 N–H and O–H groups in total. The maximum atomic E-state index is 12.5. The Kier molecular flexibility index (Phi) is 31.3. The molecule has 9 nitrogen and oxygen atoms in total. The predicted molar refractivity (Wildman–Crippen MR) is 183 cm³/mol. The molecule has 0 heterocycles. The van der Waals surface area contributed by atoms with Crippen LogP contribution in [0.3, 0.4) is 0 Å². The third-order valence-corrected chi connectivity index (χ3v) is 8.29. The summed E-state index contributed by atoms with van der Waals surface area (Å²) < 4.78 is 32.5. The van der Waals surface area contributed by atoms with E-state index in [4.69, 9.17) is 24.3 Å². The van der Waals surface area contributed by atoms with Crippen molar-refractivity contribution in [1.29, 1.82) is 0 Å². The van der Waals surface area contributed by atoms with Gasteiger partial charge in [-0.15, -0.1) is 0 Å². The molecule has 0 aliphatic heterocycles. The number of phosphoric ester groups is 1. The van der Waals surface area contributed by atoms with Gasteiger partial charge in [-0.05, 0) is 57.8 Å². The number of phosphoric acid groups is 1. The van der Waals surface area contributed by atoms with E-state index in [1.54, 1.807) is 0 Å². The smallest absolute Gasteiger partial charge is 0.462 e. The van der Waals surface area contributed by atoms with Crippen LogP contribution in [-0.4, -0.2) is 49.3 Å². The summed E-state index contributed by atoms with van der Waals surface area (Å²) in [5.41, 5.74) is 5.32. The number of nitrogens with two attached hydrogens (primary N) is 1. The molecule has 0 saturated carbocycles. The third kappa shape index (κ3) is 32.2. The number of esters is 2. The maximum Gasteiger partial charge on any atom is 0.472 e. The summed E-state index contributed by atoms with van der Waals surface area (Å²) >= 11 is 0. The van der Waals surface area contributed by atoms with Crippen LogP contribution in [0, 0.1) is 0 Å². The van der Waals surface area contributed by atoms with Gasteiger partial charge in [-0.25, -0.2) is 4.57 Å². The molecule has 0 bridgehead atoms. The van der Waals surface area contributed by atoms with Crippen molar-refractivity contribution in [3.8, 4) is 0 Å². The van der Waals surface area contributed by atoms with Crippen molar-refractivity contribution in [3.63, 3.8) is 0 Å². The Labute approximate surface area is 274 Å². The molecule has 0 aromatic carbocycles. The lowest BCUT2D eigenvalue weighted by molar-refractivity contribution is -0.161. The zero-order valence-corrected chi connectivity index (χ0v) is 29.5. The first-order valence-corrected chi connectivity index (χ1v) is 19.3. The van der Waals surface area contributed by atoms with Crippen molar-refractivity contribution >= 4 is 19.8 Å². The average Bonchev–Trinajstić information content (AvgIpc) is 3.02. The van der Waals surface area contributed by atoms with Gasteiger partial charge in [0.1, 0.15) is 6.61 Å². The Morgan fingerprint density at radius 3 is 1.64 bits per heavy atom. The van der Waals surface area contributed by atoms with Gasteiger partial charge in [-0.1, -0.05) is 109 Å². The van der Waals surface area contributed by atoms with Crippen LogP contribution in [0.2, 0.25) is 0 Å². The molecule has 2 atom stereocenters. The summed E-state index contributed by atoms with van der Waals surface area (Å²) in [6.07, 6.45) is 30.7. The van der Waals surface area contributed by atoms with E-state index in [1.165, 1.54) is 44.9 Å². The van der Waals surface area contributed by atoms with Gasteiger partial charge in [0, 0.05) is 19.4 Å². The van der Waals surface area contributed by atoms with Crippen LogP contribution in [0.25, 0.3) is 0 Å². The zero-order chi connectivity index (χ0) is 33.3. The van der Waals surface area contributed by atoms with Crippen LogP contribution in [-0.2, 0) is 32.7 Å². The van der Waals surface area contributed by atoms with Crippen LogP contribution in [0.15, 0.2) is 24.3 Å². The van der Waals surface area contributed by atoms with Gasteiger partial charge in [0.15, 0.2) is 6.10 Å². The monoisotopic (exact) mass is 659 g/mol. The average molecular weight is 660 g/mol. The highest BCUT2D eigenvalue weighted by Crippen LogP contribution is 2.43. The lowest BCUT2D eigenvalue weighted by Crippen LogP contribution is -2.29. The fourth-order valence-corrected chi connectivity index (χ4v) is 5.37. The van der Waals surface area contributed by atoms with Crippen molar-refractivity contribution in [2.24, 2.45) is 5.73 Å². The van der Waals surface area contributed by atoms with Crippen molar-refractivity contribution < 1.29 is 37.6 Å². The Bertz CT molecular complexity index is 805. The number of carbonyl (C=O) groups is 2. The summed E-state index contributed by atoms with van der Waals surface area (Å²) in [6.45, 7) is 3.63. The van der Waals surface area contributed by atoms with E-state index >= 15 is 0 Å². The van der Waals surface area contributed by atoms with Crippen LogP contribution in [0.1, 0.15) is 155 Å². The van der Waals surface area contributed by atoms with Gasteiger partial charge < -0.3 is 20.1 Å². The van der Waals surface area contributed by atoms with Gasteiger partial charge in [0.05, 0.1) is 13.2 Å². The SMILES string of the molecule is CCCC/C=C/CCCCCCCC(=O)O[C@H](COC(=O)CCCCCCC/C=C/CCCCCC)COP(=O)(O)OCCN. The Balaban J connectivity index is 4.28. The predicted octanol–water partition coefficient (Wildman–Crippen LogP) is 9.27. The van der Waals surface area contributed by atoms with E-state index in [0.717, 1.165) is 77.0 Å². The summed E-state index contributed by atoms with van der Waals surface area (Å²) in [4.78, 5) is 34.6. The number of carbonyl (C=O) groups excluding carboxylic acids is 2. The Morgan fingerprint density at radius 1 is 0.644 bits per heavy atom. The second kappa shape index (κ2) is 32.4. The molecule has 0 fully saturated rings. The quantitative estimate of drug-likeness (QED) is 0.0306. The van der Waals surface area contributed by atoms with E-state index in [-0.39, 0.29) is 32.6 Å². The van der Waals surface area contributed by atoms with Crippen LogP contribution in [0.5, 0.6) is 0 Å². The minimum Gasteiger partial charge on any atom is -0.462 e. The molecular formula is C35H66NO8P. The van der Waals surface area contributed by atoms with E-state index in [0.29, 0.717) is 6.42 Å². The highest BCUT2D eigenvalue weighted by atomic mass is 31.2. The Morgan fingerprint density at radius 2 is 1.11 bits per heavy atom. The number of hydrogen-bond donors (Lipinski definition) is 2. The first-order chi connectivity index (χ1) is 21.8. The van der Waals surface area contributed by atoms with E-state index in [9.17, 15) is 19.0 Å². The van der Waals surface area contributed by atoms with Crippen LogP contribution < -0.4 is 5.73 Å². The molecule has 0 amide bonds. The number of unbranched alkanes of at least 4 members (excludes halogenated alkanes) is 16. The van der Waals surface area contributed by atoms with Gasteiger partial charge in [-0.2, -0.15) is 0 Å². The molecule has 0 spiro atoms. The number of ether oxygens (including phenoxy) is 2. The van der Waals surface area contributed by atoms with Gasteiger partial charge in [0.25, 0.3) is 0 Å². The van der Waals surface area contributed by atoms with Crippen molar-refractivity contribution in [2.75, 3.05) is 26.4 Å². The van der Waals surface area contributed by atoms with Gasteiger partial charge in [-0.3, -0.25) is 18.6 Å². The molecule has 0 aromatic rings. The van der Waals surface area contributed by atoms with E-state index in [2.05, 4.69) is 38.2 Å². The van der Waals surface area contributed by atoms with E-state index in [1.807, 2.05) is 0 Å². The van der Waals surface area contributed by atoms with E-state index < -0.39 is 32.5 Å². The normalized spacial score (nSPS) is 13.8. The first kappa shape index (κ1) is 43.5. The maximum absolute atomic E-state index is 12.5. The fourth-order valence-electron chi connectivity index (χ4n) is 4.61. The molecular weight excluding hydrogens is 593 g/mol. The van der Waals surface area contributed by atoms with Gasteiger partial charge >= 0.3 is 19.8 Å². The number of rotatable bonds is 33. The highest BCUT2D eigenvalue weighted by Gasteiger charge is 2.25. The second-order valence-corrected chi connectivity index (χ2v) is 13.2. The molecule has 0 radical (unpaired) electrons. The molecule has 0 aliphatic rings. The molecule has 0 saturated heterocycles. The van der Waals surface area contributed by atoms with Crippen molar-refractivity contribution in [1.82, 2.24) is 0 Å². The second-order valence-electron chi connectivity index (χ2n) is 11.7. The molecule has 264 valence electrons. The van der Waals surface area contributed by atoms with Crippen molar-refractivity contribution in [3.05, 3.63) is 24.3 Å². The fraction of sp³-hybridized carbons (Fsp3) is 0.829. The topological polar surface area (TPSA) is 134 Å². The zero-order valence-electron chi connectivity index (χ0n) is 28.6. The third-order valence-electron chi connectivity index (χ3n) is 7.31. The minimum absolute atomic E-state index is 0.0514. The molecule has 0 aliphatic carbocycles. The standard InChI is InChI=1S/C35H66NO8P/c1-3-5-7-9-11-13-15-16-18-19-21-23-25-27-34(37)41-31-33(32-43-45(39,40)42-30-29-36)44-35(38)28-26-24-22-20-17-14-12-10-8-6-4-2/h10,12-13,15,33H,3-9,11,14,16-32,36H2,1-2H3,(H,39,40)/b12-10+,15-13+/t33-/m1/s1. The molecule has 45 heavy (non-hydrogen) atoms.